The van der Waals surface area contributed by atoms with Gasteiger partial charge in [-0.25, -0.2) is 5.84 Å². The number of rotatable bonds is 7. The second kappa shape index (κ2) is 8.32. The van der Waals surface area contributed by atoms with E-state index in [2.05, 4.69) is 24.3 Å². The van der Waals surface area contributed by atoms with Crippen LogP contribution in [0, 0.1) is 0 Å². The van der Waals surface area contributed by atoms with Gasteiger partial charge >= 0.3 is 0 Å². The van der Waals surface area contributed by atoms with E-state index in [1.165, 1.54) is 28.2 Å². The van der Waals surface area contributed by atoms with E-state index in [1.54, 1.807) is 5.01 Å². The van der Waals surface area contributed by atoms with E-state index in [4.69, 9.17) is 23.0 Å². The summed E-state index contributed by atoms with van der Waals surface area (Å²) in [5, 5.41) is 2.32. The van der Waals surface area contributed by atoms with Gasteiger partial charge in [-0.3, -0.25) is 4.79 Å². The summed E-state index contributed by atoms with van der Waals surface area (Å²) in [5.41, 5.74) is 21.7. The summed E-state index contributed by atoms with van der Waals surface area (Å²) in [6.07, 6.45) is 9.69. The Balaban J connectivity index is 1.59. The maximum atomic E-state index is 11.9. The molecule has 6 nitrogen and oxygen atoms in total. The standard InChI is InChI=1S/C23H31N5OS/c24-16(14-28(27)17-7-4-8-17)9-11-23(15-5-2-1-3-6-15)12-10-18-19(13-23)30-22(26)20(18)21(25)29/h1-3,5-6,14,17H,4,7-13,24,26-27H2,(H2,25,29)/b16-14-. The Morgan fingerprint density at radius 3 is 2.60 bits per heavy atom. The molecule has 0 bridgehead atoms. The SMILES string of the molecule is NC(=O)c1c(N)sc2c1CCC(CC/C(N)=C/N(N)C1CCC1)(c1ccccc1)C2. The fraction of sp³-hybridized carbons (Fsp3) is 0.435. The van der Waals surface area contributed by atoms with Gasteiger partial charge in [0.1, 0.15) is 0 Å². The third-order valence-corrected chi connectivity index (χ3v) is 7.87. The first-order chi connectivity index (χ1) is 14.4. The van der Waals surface area contributed by atoms with Crippen molar-refractivity contribution >= 4 is 22.2 Å². The first-order valence-electron chi connectivity index (χ1n) is 10.6. The Morgan fingerprint density at radius 2 is 1.97 bits per heavy atom. The maximum Gasteiger partial charge on any atom is 0.251 e. The highest BCUT2D eigenvalue weighted by atomic mass is 32.1. The monoisotopic (exact) mass is 425 g/mol. The topological polar surface area (TPSA) is 124 Å². The van der Waals surface area contributed by atoms with Crippen LogP contribution < -0.4 is 23.0 Å². The second-order valence-electron chi connectivity index (χ2n) is 8.67. The van der Waals surface area contributed by atoms with Crippen LogP contribution in [0.1, 0.15) is 64.9 Å². The summed E-state index contributed by atoms with van der Waals surface area (Å²) >= 11 is 1.50. The zero-order valence-corrected chi connectivity index (χ0v) is 18.1. The Kier molecular flexibility index (Phi) is 5.75. The van der Waals surface area contributed by atoms with Crippen molar-refractivity contribution in [2.45, 2.75) is 62.8 Å². The van der Waals surface area contributed by atoms with Crippen LogP contribution in [-0.4, -0.2) is 17.0 Å². The van der Waals surface area contributed by atoms with Crippen LogP contribution in [0.2, 0.25) is 0 Å². The normalized spacial score (nSPS) is 21.7. The molecule has 0 radical (unpaired) electrons. The Morgan fingerprint density at radius 1 is 1.23 bits per heavy atom. The number of hydrogen-bond acceptors (Lipinski definition) is 6. The van der Waals surface area contributed by atoms with Crippen molar-refractivity contribution in [1.29, 1.82) is 0 Å². The number of carbonyl (C=O) groups excluding carboxylic acids is 1. The van der Waals surface area contributed by atoms with Gasteiger partial charge in [-0.1, -0.05) is 30.3 Å². The lowest BCUT2D eigenvalue weighted by Gasteiger charge is -2.38. The van der Waals surface area contributed by atoms with Crippen molar-refractivity contribution in [3.8, 4) is 0 Å². The van der Waals surface area contributed by atoms with Crippen LogP contribution in [0.4, 0.5) is 5.00 Å². The molecule has 0 aliphatic heterocycles. The molecule has 2 aliphatic carbocycles. The molecule has 1 amide bonds. The molecule has 8 N–H and O–H groups in total. The minimum Gasteiger partial charge on any atom is -0.401 e. The highest BCUT2D eigenvalue weighted by Crippen LogP contribution is 2.47. The van der Waals surface area contributed by atoms with Crippen molar-refractivity contribution in [3.05, 3.63) is 63.8 Å². The van der Waals surface area contributed by atoms with Crippen LogP contribution in [0.3, 0.4) is 0 Å². The lowest BCUT2D eigenvalue weighted by molar-refractivity contribution is 0.1000. The van der Waals surface area contributed by atoms with Gasteiger partial charge in [-0.2, -0.15) is 0 Å². The molecular formula is C23H31N5OS. The van der Waals surface area contributed by atoms with Gasteiger partial charge in [0.2, 0.25) is 0 Å². The highest BCUT2D eigenvalue weighted by Gasteiger charge is 2.38. The smallest absolute Gasteiger partial charge is 0.251 e. The van der Waals surface area contributed by atoms with Gasteiger partial charge in [0, 0.05) is 28.2 Å². The number of hydrazine groups is 1. The lowest BCUT2D eigenvalue weighted by Crippen LogP contribution is -2.41. The first kappa shape index (κ1) is 20.8. The number of hydrogen-bond donors (Lipinski definition) is 4. The second-order valence-corrected chi connectivity index (χ2v) is 9.80. The van der Waals surface area contributed by atoms with E-state index in [-0.39, 0.29) is 5.41 Å². The molecule has 2 aromatic rings. The van der Waals surface area contributed by atoms with Gasteiger partial charge in [0.05, 0.1) is 10.6 Å². The zero-order chi connectivity index (χ0) is 21.3. The Hall–Kier alpha value is -2.51. The summed E-state index contributed by atoms with van der Waals surface area (Å²) < 4.78 is 0. The summed E-state index contributed by atoms with van der Waals surface area (Å²) in [5.74, 6) is 5.74. The van der Waals surface area contributed by atoms with Crippen LogP contribution >= 0.6 is 11.3 Å². The lowest BCUT2D eigenvalue weighted by atomic mass is 9.66. The molecule has 2 aliphatic rings. The summed E-state index contributed by atoms with van der Waals surface area (Å²) in [4.78, 5) is 13.1. The molecule has 1 heterocycles. The van der Waals surface area contributed by atoms with E-state index in [1.807, 2.05) is 12.3 Å². The fourth-order valence-corrected chi connectivity index (χ4v) is 6.06. The molecule has 1 fully saturated rings. The quantitative estimate of drug-likeness (QED) is 0.401. The summed E-state index contributed by atoms with van der Waals surface area (Å²) in [7, 11) is 0. The first-order valence-corrected chi connectivity index (χ1v) is 11.5. The van der Waals surface area contributed by atoms with E-state index in [0.717, 1.165) is 56.2 Å². The van der Waals surface area contributed by atoms with Gasteiger partial charge in [-0.05, 0) is 62.5 Å². The molecule has 0 spiro atoms. The zero-order valence-electron chi connectivity index (χ0n) is 17.3. The molecule has 1 aromatic carbocycles. The number of benzene rings is 1. The molecule has 0 saturated heterocycles. The number of amides is 1. The van der Waals surface area contributed by atoms with Crippen molar-refractivity contribution in [2.24, 2.45) is 17.3 Å². The predicted octanol–water partition coefficient (Wildman–Crippen LogP) is 3.16. The maximum absolute atomic E-state index is 11.9. The minimum absolute atomic E-state index is 0.0468. The molecule has 160 valence electrons. The number of anilines is 1. The number of nitrogens with two attached hydrogens (primary N) is 4. The molecule has 1 aromatic heterocycles. The van der Waals surface area contributed by atoms with Crippen LogP contribution in [-0.2, 0) is 18.3 Å². The van der Waals surface area contributed by atoms with Crippen LogP contribution in [0.15, 0.2) is 42.2 Å². The van der Waals surface area contributed by atoms with E-state index < -0.39 is 5.91 Å². The average molecular weight is 426 g/mol. The largest absolute Gasteiger partial charge is 0.401 e. The number of thiophene rings is 1. The van der Waals surface area contributed by atoms with Crippen molar-refractivity contribution in [3.63, 3.8) is 0 Å². The predicted molar refractivity (Wildman–Crippen MR) is 123 cm³/mol. The third kappa shape index (κ3) is 3.91. The van der Waals surface area contributed by atoms with Gasteiger partial charge in [0.15, 0.2) is 0 Å². The summed E-state index contributed by atoms with van der Waals surface area (Å²) in [6.45, 7) is 0. The molecular weight excluding hydrogens is 394 g/mol. The Bertz CT molecular complexity index is 950. The van der Waals surface area contributed by atoms with Crippen molar-refractivity contribution in [1.82, 2.24) is 5.01 Å². The number of carbonyl (C=O) groups is 1. The van der Waals surface area contributed by atoms with Crippen LogP contribution in [0.25, 0.3) is 0 Å². The molecule has 4 rings (SSSR count). The number of fused-ring (bicyclic) bond motifs is 1. The van der Waals surface area contributed by atoms with Crippen molar-refractivity contribution in [2.75, 3.05) is 5.73 Å². The Labute approximate surface area is 181 Å². The van der Waals surface area contributed by atoms with E-state index in [0.29, 0.717) is 16.6 Å². The molecule has 1 atom stereocenters. The van der Waals surface area contributed by atoms with E-state index >= 15 is 0 Å². The van der Waals surface area contributed by atoms with Crippen molar-refractivity contribution < 1.29 is 4.79 Å². The fourth-order valence-electron chi connectivity index (χ4n) is 4.80. The van der Waals surface area contributed by atoms with E-state index in [9.17, 15) is 4.79 Å². The number of nitrogens with zero attached hydrogens (tertiary/aromatic N) is 1. The van der Waals surface area contributed by atoms with Gasteiger partial charge in [-0.15, -0.1) is 11.3 Å². The minimum atomic E-state index is -0.427. The number of primary amides is 1. The molecule has 1 unspecified atom stereocenters. The van der Waals surface area contributed by atoms with Gasteiger partial charge < -0.3 is 22.2 Å². The summed E-state index contributed by atoms with van der Waals surface area (Å²) in [6, 6.07) is 11.0. The third-order valence-electron chi connectivity index (χ3n) is 6.81. The number of nitrogen functional groups attached to an aromatic ring is 1. The molecule has 1 saturated carbocycles. The highest BCUT2D eigenvalue weighted by molar-refractivity contribution is 7.16. The van der Waals surface area contributed by atoms with Crippen LogP contribution in [0.5, 0.6) is 0 Å². The average Bonchev–Trinajstić information content (AvgIpc) is 3.00. The van der Waals surface area contributed by atoms with Gasteiger partial charge in [0.25, 0.3) is 5.91 Å². The molecule has 7 heteroatoms. The number of allylic oxidation sites excluding steroid dienone is 1. The molecule has 30 heavy (non-hydrogen) atoms.